The van der Waals surface area contributed by atoms with Gasteiger partial charge in [0.05, 0.1) is 28.2 Å². The molecule has 0 saturated carbocycles. The number of halogens is 3. The first-order chi connectivity index (χ1) is 12.6. The van der Waals surface area contributed by atoms with E-state index in [0.29, 0.717) is 4.90 Å². The van der Waals surface area contributed by atoms with Crippen LogP contribution in [0.3, 0.4) is 0 Å². The molecule has 11 heteroatoms. The van der Waals surface area contributed by atoms with Gasteiger partial charge in [0.15, 0.2) is 0 Å². The summed E-state index contributed by atoms with van der Waals surface area (Å²) in [5.41, 5.74) is -1.07. The van der Waals surface area contributed by atoms with Crippen molar-refractivity contribution >= 4 is 34.0 Å². The molecule has 0 aliphatic carbocycles. The van der Waals surface area contributed by atoms with Crippen molar-refractivity contribution in [1.29, 1.82) is 0 Å². The van der Waals surface area contributed by atoms with Gasteiger partial charge in [-0.25, -0.2) is 4.79 Å². The molecule has 0 bridgehead atoms. The third-order valence-corrected chi connectivity index (χ3v) is 4.39. The van der Waals surface area contributed by atoms with Crippen molar-refractivity contribution in [2.75, 3.05) is 18.1 Å². The average Bonchev–Trinajstić information content (AvgIpc) is 2.97. The molecule has 0 aromatic heterocycles. The van der Waals surface area contributed by atoms with E-state index in [4.69, 9.17) is 5.11 Å². The monoisotopic (exact) mass is 384 g/mol. The number of nitro benzene ring substituents is 1. The van der Waals surface area contributed by atoms with Gasteiger partial charge in [-0.15, -0.1) is 0 Å². The van der Waals surface area contributed by atoms with Crippen molar-refractivity contribution in [2.45, 2.75) is 12.1 Å². The van der Waals surface area contributed by atoms with Crippen molar-refractivity contribution in [3.05, 3.63) is 45.5 Å². The van der Waals surface area contributed by atoms with E-state index < -0.39 is 47.7 Å². The molecule has 0 spiro atoms. The SMILES string of the molecule is O=C(O)c1ccc2c3c(cc([N+](=O)[O-])c2c1)N(C(=O)C(F)(F)F)CC3CO. The van der Waals surface area contributed by atoms with Crippen molar-refractivity contribution in [1.82, 2.24) is 0 Å². The predicted molar refractivity (Wildman–Crippen MR) is 85.8 cm³/mol. The van der Waals surface area contributed by atoms with E-state index in [9.17, 15) is 38.0 Å². The molecule has 0 saturated heterocycles. The maximum absolute atomic E-state index is 12.9. The lowest BCUT2D eigenvalue weighted by Crippen LogP contribution is -2.40. The molecule has 0 fully saturated rings. The number of non-ortho nitro benzene ring substituents is 1. The molecule has 2 N–H and O–H groups in total. The van der Waals surface area contributed by atoms with Crippen LogP contribution in [0.25, 0.3) is 10.8 Å². The number of fused-ring (bicyclic) bond motifs is 3. The van der Waals surface area contributed by atoms with Crippen molar-refractivity contribution in [2.24, 2.45) is 0 Å². The third kappa shape index (κ3) is 2.95. The Kier molecular flexibility index (Phi) is 4.26. The summed E-state index contributed by atoms with van der Waals surface area (Å²) >= 11 is 0. The number of benzene rings is 2. The molecule has 8 nitrogen and oxygen atoms in total. The lowest BCUT2D eigenvalue weighted by atomic mass is 9.93. The van der Waals surface area contributed by atoms with E-state index in [1.807, 2.05) is 0 Å². The molecule has 1 amide bonds. The number of carbonyl (C=O) groups excluding carboxylic acids is 1. The first kappa shape index (κ1) is 18.6. The molecule has 2 aromatic carbocycles. The number of aromatic carboxylic acids is 1. The first-order valence-corrected chi connectivity index (χ1v) is 7.54. The number of alkyl halides is 3. The van der Waals surface area contributed by atoms with Crippen LogP contribution in [0.4, 0.5) is 24.5 Å². The molecule has 1 heterocycles. The van der Waals surface area contributed by atoms with Crippen LogP contribution in [0.1, 0.15) is 21.8 Å². The van der Waals surface area contributed by atoms with Gasteiger partial charge in [-0.05, 0) is 23.1 Å². The number of carbonyl (C=O) groups is 2. The van der Waals surface area contributed by atoms with Crippen LogP contribution in [0.5, 0.6) is 0 Å². The van der Waals surface area contributed by atoms with E-state index >= 15 is 0 Å². The van der Waals surface area contributed by atoms with Gasteiger partial charge in [0.2, 0.25) is 0 Å². The summed E-state index contributed by atoms with van der Waals surface area (Å²) in [6.07, 6.45) is -5.20. The molecule has 27 heavy (non-hydrogen) atoms. The van der Waals surface area contributed by atoms with Crippen molar-refractivity contribution < 1.29 is 37.9 Å². The third-order valence-electron chi connectivity index (χ3n) is 4.39. The van der Waals surface area contributed by atoms with E-state index in [2.05, 4.69) is 0 Å². The van der Waals surface area contributed by atoms with Crippen LogP contribution in [0.15, 0.2) is 24.3 Å². The summed E-state index contributed by atoms with van der Waals surface area (Å²) < 4.78 is 38.7. The number of rotatable bonds is 3. The summed E-state index contributed by atoms with van der Waals surface area (Å²) in [7, 11) is 0. The largest absolute Gasteiger partial charge is 0.478 e. The normalized spacial score (nSPS) is 16.4. The summed E-state index contributed by atoms with van der Waals surface area (Å²) in [5, 5.41) is 30.0. The molecule has 1 atom stereocenters. The first-order valence-electron chi connectivity index (χ1n) is 7.54. The predicted octanol–water partition coefficient (Wildman–Crippen LogP) is 2.43. The second kappa shape index (κ2) is 6.20. The minimum atomic E-state index is -5.20. The highest BCUT2D eigenvalue weighted by atomic mass is 19.4. The van der Waals surface area contributed by atoms with E-state index in [0.717, 1.165) is 18.2 Å². The fraction of sp³-hybridized carbons (Fsp3) is 0.250. The number of anilines is 1. The Morgan fingerprint density at radius 2 is 1.93 bits per heavy atom. The van der Waals surface area contributed by atoms with Crippen LogP contribution in [0, 0.1) is 10.1 Å². The lowest BCUT2D eigenvalue weighted by Gasteiger charge is -2.19. The van der Waals surface area contributed by atoms with Crippen LogP contribution >= 0.6 is 0 Å². The number of aliphatic hydroxyl groups is 1. The lowest BCUT2D eigenvalue weighted by molar-refractivity contribution is -0.383. The van der Waals surface area contributed by atoms with Gasteiger partial charge in [0, 0.05) is 18.5 Å². The summed E-state index contributed by atoms with van der Waals surface area (Å²) in [6.45, 7) is -1.09. The fourth-order valence-electron chi connectivity index (χ4n) is 3.25. The van der Waals surface area contributed by atoms with Crippen LogP contribution < -0.4 is 4.90 Å². The number of hydrogen-bond donors (Lipinski definition) is 2. The number of carboxylic acids is 1. The highest BCUT2D eigenvalue weighted by molar-refractivity contribution is 6.07. The zero-order valence-electron chi connectivity index (χ0n) is 13.4. The Hall–Kier alpha value is -3.21. The average molecular weight is 384 g/mol. The number of nitro groups is 1. The molecule has 0 radical (unpaired) electrons. The quantitative estimate of drug-likeness (QED) is 0.619. The Morgan fingerprint density at radius 3 is 2.44 bits per heavy atom. The zero-order chi connectivity index (χ0) is 20.1. The molecule has 142 valence electrons. The molecule has 1 unspecified atom stereocenters. The van der Waals surface area contributed by atoms with E-state index in [1.165, 1.54) is 6.07 Å². The number of nitrogens with zero attached hydrogens (tertiary/aromatic N) is 2. The Bertz CT molecular complexity index is 988. The summed E-state index contributed by atoms with van der Waals surface area (Å²) in [6, 6.07) is 4.23. The molecule has 1 aliphatic rings. The zero-order valence-corrected chi connectivity index (χ0v) is 13.4. The van der Waals surface area contributed by atoms with Gasteiger partial charge in [-0.3, -0.25) is 14.9 Å². The van der Waals surface area contributed by atoms with Crippen LogP contribution in [-0.2, 0) is 4.79 Å². The number of aliphatic hydroxyl groups excluding tert-OH is 1. The van der Waals surface area contributed by atoms with Gasteiger partial charge < -0.3 is 15.1 Å². The Labute approximate surface area is 148 Å². The van der Waals surface area contributed by atoms with Gasteiger partial charge >= 0.3 is 18.1 Å². The smallest absolute Gasteiger partial charge is 0.471 e. The summed E-state index contributed by atoms with van der Waals surface area (Å²) in [5.74, 6) is -4.43. The fourth-order valence-corrected chi connectivity index (χ4v) is 3.25. The van der Waals surface area contributed by atoms with Crippen molar-refractivity contribution in [3.63, 3.8) is 0 Å². The van der Waals surface area contributed by atoms with Gasteiger partial charge in [-0.2, -0.15) is 13.2 Å². The molecular weight excluding hydrogens is 373 g/mol. The van der Waals surface area contributed by atoms with Crippen LogP contribution in [-0.4, -0.2) is 46.3 Å². The second-order valence-electron chi connectivity index (χ2n) is 5.94. The second-order valence-corrected chi connectivity index (χ2v) is 5.94. The highest BCUT2D eigenvalue weighted by Crippen LogP contribution is 2.46. The topological polar surface area (TPSA) is 121 Å². The van der Waals surface area contributed by atoms with Crippen molar-refractivity contribution in [3.8, 4) is 0 Å². The Balaban J connectivity index is 2.34. The molecule has 2 aromatic rings. The summed E-state index contributed by atoms with van der Waals surface area (Å²) in [4.78, 5) is 33.8. The highest BCUT2D eigenvalue weighted by Gasteiger charge is 2.47. The van der Waals surface area contributed by atoms with E-state index in [-0.39, 0.29) is 27.6 Å². The molecular formula is C16H11F3N2O6. The van der Waals surface area contributed by atoms with Gasteiger partial charge in [0.25, 0.3) is 5.69 Å². The minimum Gasteiger partial charge on any atom is -0.478 e. The Morgan fingerprint density at radius 1 is 1.26 bits per heavy atom. The number of carboxylic acid groups (broad SMARTS) is 1. The molecule has 3 rings (SSSR count). The maximum atomic E-state index is 12.9. The van der Waals surface area contributed by atoms with Gasteiger partial charge in [0.1, 0.15) is 0 Å². The standard InChI is InChI=1S/C16H11F3N2O6/c17-16(18,19)15(25)20-5-8(6-22)13-9-2-1-7(14(23)24)3-10(9)11(21(26)27)4-12(13)20/h1-4,8,22H,5-6H2,(H,23,24). The van der Waals surface area contributed by atoms with Gasteiger partial charge in [-0.1, -0.05) is 6.07 Å². The minimum absolute atomic E-state index is 0.0987. The maximum Gasteiger partial charge on any atom is 0.471 e. The van der Waals surface area contributed by atoms with Crippen LogP contribution in [0.2, 0.25) is 0 Å². The number of hydrogen-bond acceptors (Lipinski definition) is 5. The molecule has 1 aliphatic heterocycles. The van der Waals surface area contributed by atoms with E-state index in [1.54, 1.807) is 0 Å². The number of amides is 1.